The Labute approximate surface area is 148 Å². The Balaban J connectivity index is 3.29. The highest BCUT2D eigenvalue weighted by atomic mass is 16.3. The second-order valence-corrected chi connectivity index (χ2v) is 6.55. The number of hydrogen-bond donors (Lipinski definition) is 3. The van der Waals surface area contributed by atoms with Gasteiger partial charge in [0.05, 0.1) is 6.61 Å². The van der Waals surface area contributed by atoms with Crippen molar-refractivity contribution in [3.05, 3.63) is 12.2 Å². The summed E-state index contributed by atoms with van der Waals surface area (Å²) in [6.07, 6.45) is 18.9. The van der Waals surface area contributed by atoms with Crippen LogP contribution in [-0.4, -0.2) is 35.4 Å². The average molecular weight is 342 g/mol. The maximum absolute atomic E-state index is 11.4. The quantitative estimate of drug-likeness (QED) is 0.275. The Bertz CT molecular complexity index is 305. The van der Waals surface area contributed by atoms with Gasteiger partial charge in [0.25, 0.3) is 0 Å². The van der Waals surface area contributed by atoms with Crippen molar-refractivity contribution in [2.24, 2.45) is 0 Å². The van der Waals surface area contributed by atoms with Gasteiger partial charge in [0, 0.05) is 6.54 Å². The Hall–Kier alpha value is -0.870. The predicted octanol–water partition coefficient (Wildman–Crippen LogP) is 4.10. The lowest BCUT2D eigenvalue weighted by atomic mass is 10.1. The molecule has 4 nitrogen and oxygen atoms in total. The normalized spacial score (nSPS) is 12.6. The second-order valence-electron chi connectivity index (χ2n) is 6.55. The number of carbonyl (C=O) groups excluding carboxylic acids is 1. The number of aliphatic hydroxyl groups excluding tert-OH is 2. The van der Waals surface area contributed by atoms with Crippen molar-refractivity contribution in [3.8, 4) is 0 Å². The maximum atomic E-state index is 11.4. The molecule has 0 rings (SSSR count). The lowest BCUT2D eigenvalue weighted by Crippen LogP contribution is -2.36. The molecule has 0 aliphatic carbocycles. The molecule has 0 aliphatic heterocycles. The zero-order chi connectivity index (χ0) is 17.9. The molecule has 1 amide bonds. The van der Waals surface area contributed by atoms with E-state index in [2.05, 4.69) is 24.4 Å². The lowest BCUT2D eigenvalue weighted by Gasteiger charge is -2.10. The smallest absolute Gasteiger partial charge is 0.248 e. The van der Waals surface area contributed by atoms with Crippen molar-refractivity contribution in [2.45, 2.75) is 96.5 Å². The van der Waals surface area contributed by atoms with Gasteiger partial charge in [0.2, 0.25) is 5.91 Å². The van der Waals surface area contributed by atoms with Gasteiger partial charge in [-0.15, -0.1) is 0 Å². The Kier molecular flexibility index (Phi) is 17.8. The van der Waals surface area contributed by atoms with Crippen LogP contribution in [0.4, 0.5) is 0 Å². The number of aliphatic hydroxyl groups is 2. The summed E-state index contributed by atoms with van der Waals surface area (Å²) >= 11 is 0. The minimum Gasteiger partial charge on any atom is -0.395 e. The molecule has 3 N–H and O–H groups in total. The van der Waals surface area contributed by atoms with Gasteiger partial charge < -0.3 is 15.5 Å². The number of hydrogen-bond acceptors (Lipinski definition) is 3. The van der Waals surface area contributed by atoms with Crippen molar-refractivity contribution < 1.29 is 15.0 Å². The minimum atomic E-state index is -0.936. The number of nitrogens with one attached hydrogen (secondary N) is 1. The molecule has 0 fully saturated rings. The molecule has 0 aromatic heterocycles. The van der Waals surface area contributed by atoms with Gasteiger partial charge in [-0.3, -0.25) is 4.79 Å². The van der Waals surface area contributed by atoms with Crippen LogP contribution in [0.5, 0.6) is 0 Å². The molecule has 0 spiro atoms. The molecular weight excluding hydrogens is 302 g/mol. The third-order valence-electron chi connectivity index (χ3n) is 4.20. The van der Waals surface area contributed by atoms with Crippen LogP contribution >= 0.6 is 0 Å². The average Bonchev–Trinajstić information content (AvgIpc) is 2.59. The summed E-state index contributed by atoms with van der Waals surface area (Å²) in [7, 11) is 0. The van der Waals surface area contributed by atoms with Crippen LogP contribution in [0.25, 0.3) is 0 Å². The summed E-state index contributed by atoms with van der Waals surface area (Å²) in [5, 5.41) is 20.7. The summed E-state index contributed by atoms with van der Waals surface area (Å²) in [5.74, 6) is -0.373. The Morgan fingerprint density at radius 2 is 1.46 bits per heavy atom. The van der Waals surface area contributed by atoms with Crippen molar-refractivity contribution in [3.63, 3.8) is 0 Å². The molecule has 24 heavy (non-hydrogen) atoms. The third kappa shape index (κ3) is 16.0. The molecular formula is C20H39NO3. The van der Waals surface area contributed by atoms with Crippen molar-refractivity contribution in [2.75, 3.05) is 13.2 Å². The number of amides is 1. The number of allylic oxidation sites excluding steroid dienone is 2. The van der Waals surface area contributed by atoms with Crippen LogP contribution < -0.4 is 5.32 Å². The van der Waals surface area contributed by atoms with E-state index in [0.29, 0.717) is 6.42 Å². The molecule has 0 heterocycles. The largest absolute Gasteiger partial charge is 0.395 e. The number of carbonyl (C=O) groups is 1. The highest BCUT2D eigenvalue weighted by Gasteiger charge is 2.13. The van der Waals surface area contributed by atoms with E-state index < -0.39 is 6.10 Å². The van der Waals surface area contributed by atoms with E-state index in [1.54, 1.807) is 0 Å². The standard InChI is InChI=1S/C20H39NO3/c1-2-3-4-5-6-7-8-9-10-11-12-13-14-15-16-19(23)20(24)21-17-18-22/h9-10,19,22-23H,2-8,11-18H2,1H3,(H,21,24). The summed E-state index contributed by atoms with van der Waals surface area (Å²) in [6, 6.07) is 0. The van der Waals surface area contributed by atoms with Crippen LogP contribution in [0.3, 0.4) is 0 Å². The molecule has 142 valence electrons. The van der Waals surface area contributed by atoms with E-state index in [4.69, 9.17) is 5.11 Å². The third-order valence-corrected chi connectivity index (χ3v) is 4.20. The molecule has 0 aromatic rings. The SMILES string of the molecule is CCCCCCCCC=CCCCCCCC(O)C(=O)NCCO. The van der Waals surface area contributed by atoms with Crippen molar-refractivity contribution in [1.82, 2.24) is 5.32 Å². The topological polar surface area (TPSA) is 69.6 Å². The zero-order valence-corrected chi connectivity index (χ0v) is 15.6. The van der Waals surface area contributed by atoms with E-state index in [1.165, 1.54) is 51.4 Å². The fourth-order valence-electron chi connectivity index (χ4n) is 2.66. The van der Waals surface area contributed by atoms with E-state index in [1.807, 2.05) is 0 Å². The summed E-state index contributed by atoms with van der Waals surface area (Å²) < 4.78 is 0. The molecule has 0 aliphatic rings. The summed E-state index contributed by atoms with van der Waals surface area (Å²) in [5.41, 5.74) is 0. The first-order valence-corrected chi connectivity index (χ1v) is 9.94. The monoisotopic (exact) mass is 341 g/mol. The van der Waals surface area contributed by atoms with Gasteiger partial charge in [-0.05, 0) is 32.1 Å². The maximum Gasteiger partial charge on any atom is 0.248 e. The van der Waals surface area contributed by atoms with Crippen LogP contribution in [0.1, 0.15) is 90.4 Å². The van der Waals surface area contributed by atoms with Crippen molar-refractivity contribution in [1.29, 1.82) is 0 Å². The predicted molar refractivity (Wildman–Crippen MR) is 101 cm³/mol. The van der Waals surface area contributed by atoms with Gasteiger partial charge in [0.15, 0.2) is 0 Å². The number of unbranched alkanes of at least 4 members (excludes halogenated alkanes) is 10. The fourth-order valence-corrected chi connectivity index (χ4v) is 2.66. The highest BCUT2D eigenvalue weighted by Crippen LogP contribution is 2.10. The molecule has 0 bridgehead atoms. The number of rotatable bonds is 17. The summed E-state index contributed by atoms with van der Waals surface area (Å²) in [6.45, 7) is 2.37. The van der Waals surface area contributed by atoms with E-state index in [9.17, 15) is 9.90 Å². The van der Waals surface area contributed by atoms with Crippen LogP contribution in [0.2, 0.25) is 0 Å². The van der Waals surface area contributed by atoms with Gasteiger partial charge in [-0.1, -0.05) is 70.4 Å². The molecule has 1 atom stereocenters. The Morgan fingerprint density at radius 1 is 0.917 bits per heavy atom. The van der Waals surface area contributed by atoms with Crippen LogP contribution in [0, 0.1) is 0 Å². The van der Waals surface area contributed by atoms with Crippen LogP contribution in [-0.2, 0) is 4.79 Å². The highest BCUT2D eigenvalue weighted by molar-refractivity contribution is 5.80. The lowest BCUT2D eigenvalue weighted by molar-refractivity contribution is -0.129. The van der Waals surface area contributed by atoms with Gasteiger partial charge >= 0.3 is 0 Å². The Morgan fingerprint density at radius 3 is 2.04 bits per heavy atom. The van der Waals surface area contributed by atoms with Gasteiger partial charge in [-0.25, -0.2) is 0 Å². The second kappa shape index (κ2) is 18.5. The minimum absolute atomic E-state index is 0.0924. The van der Waals surface area contributed by atoms with Gasteiger partial charge in [0.1, 0.15) is 6.10 Å². The molecule has 4 heteroatoms. The molecule has 0 saturated carbocycles. The first-order chi connectivity index (χ1) is 11.7. The van der Waals surface area contributed by atoms with Gasteiger partial charge in [-0.2, -0.15) is 0 Å². The first-order valence-electron chi connectivity index (χ1n) is 9.94. The first kappa shape index (κ1) is 23.1. The molecule has 0 saturated heterocycles. The molecule has 1 unspecified atom stereocenters. The van der Waals surface area contributed by atoms with Crippen LogP contribution in [0.15, 0.2) is 12.2 Å². The molecule has 0 radical (unpaired) electrons. The van der Waals surface area contributed by atoms with E-state index in [0.717, 1.165) is 25.7 Å². The zero-order valence-electron chi connectivity index (χ0n) is 15.6. The summed E-state index contributed by atoms with van der Waals surface area (Å²) in [4.78, 5) is 11.4. The van der Waals surface area contributed by atoms with Crippen molar-refractivity contribution >= 4 is 5.91 Å². The molecule has 0 aromatic carbocycles. The van der Waals surface area contributed by atoms with E-state index >= 15 is 0 Å². The van der Waals surface area contributed by atoms with E-state index in [-0.39, 0.29) is 19.1 Å². The fraction of sp³-hybridized carbons (Fsp3) is 0.850.